The molecule has 1 aromatic rings. The minimum atomic E-state index is 0.252. The lowest BCUT2D eigenvalue weighted by Gasteiger charge is -2.17. The summed E-state index contributed by atoms with van der Waals surface area (Å²) in [6, 6.07) is 9.11. The first-order valence-corrected chi connectivity index (χ1v) is 5.85. The molecule has 1 aromatic carbocycles. The lowest BCUT2D eigenvalue weighted by Crippen LogP contribution is -2.19. The van der Waals surface area contributed by atoms with Gasteiger partial charge in [-0.1, -0.05) is 12.1 Å². The molecule has 0 radical (unpaired) electrons. The van der Waals surface area contributed by atoms with Crippen LogP contribution in [0, 0.1) is 0 Å². The highest BCUT2D eigenvalue weighted by atomic mass is 15.1. The van der Waals surface area contributed by atoms with Crippen LogP contribution in [-0.2, 0) is 6.42 Å². The zero-order valence-electron chi connectivity index (χ0n) is 9.45. The Morgan fingerprint density at radius 3 is 2.33 bits per heavy atom. The van der Waals surface area contributed by atoms with E-state index in [0.717, 1.165) is 6.42 Å². The smallest absolute Gasteiger partial charge is 0.0366 e. The fourth-order valence-corrected chi connectivity index (χ4v) is 2.19. The Hall–Kier alpha value is -1.02. The van der Waals surface area contributed by atoms with Gasteiger partial charge in [0.15, 0.2) is 0 Å². The average molecular weight is 204 g/mol. The van der Waals surface area contributed by atoms with E-state index in [0.29, 0.717) is 0 Å². The SMILES string of the molecule is C[C@H](N)Cc1ccc(N2CCCC2)cc1. The van der Waals surface area contributed by atoms with Crippen LogP contribution < -0.4 is 10.6 Å². The second-order valence-corrected chi connectivity index (χ2v) is 4.54. The summed E-state index contributed by atoms with van der Waals surface area (Å²) in [6.45, 7) is 4.48. The largest absolute Gasteiger partial charge is 0.372 e. The Kier molecular flexibility index (Phi) is 3.27. The lowest BCUT2D eigenvalue weighted by atomic mass is 10.1. The molecule has 0 spiro atoms. The van der Waals surface area contributed by atoms with E-state index in [1.165, 1.54) is 37.2 Å². The van der Waals surface area contributed by atoms with E-state index in [4.69, 9.17) is 5.73 Å². The van der Waals surface area contributed by atoms with Crippen LogP contribution in [0.4, 0.5) is 5.69 Å². The van der Waals surface area contributed by atoms with Crippen molar-refractivity contribution in [1.82, 2.24) is 0 Å². The van der Waals surface area contributed by atoms with Crippen LogP contribution in [0.2, 0.25) is 0 Å². The Morgan fingerprint density at radius 1 is 1.20 bits per heavy atom. The quantitative estimate of drug-likeness (QED) is 0.817. The number of nitrogens with two attached hydrogens (primary N) is 1. The zero-order valence-corrected chi connectivity index (χ0v) is 9.45. The molecular weight excluding hydrogens is 184 g/mol. The van der Waals surface area contributed by atoms with E-state index >= 15 is 0 Å². The highest BCUT2D eigenvalue weighted by Gasteiger charge is 2.11. The van der Waals surface area contributed by atoms with Gasteiger partial charge < -0.3 is 10.6 Å². The predicted molar refractivity (Wildman–Crippen MR) is 65.2 cm³/mol. The van der Waals surface area contributed by atoms with Crippen molar-refractivity contribution in [1.29, 1.82) is 0 Å². The van der Waals surface area contributed by atoms with Crippen LogP contribution in [0.25, 0.3) is 0 Å². The number of nitrogens with zero attached hydrogens (tertiary/aromatic N) is 1. The molecule has 0 amide bonds. The molecule has 2 nitrogen and oxygen atoms in total. The third kappa shape index (κ3) is 2.72. The van der Waals surface area contributed by atoms with Crippen LogP contribution in [0.3, 0.4) is 0 Å². The van der Waals surface area contributed by atoms with E-state index in [-0.39, 0.29) is 6.04 Å². The molecule has 1 heterocycles. The molecular formula is C13H20N2. The van der Waals surface area contributed by atoms with Gasteiger partial charge in [0.2, 0.25) is 0 Å². The topological polar surface area (TPSA) is 29.3 Å². The standard InChI is InChI=1S/C13H20N2/c1-11(14)10-12-4-6-13(7-5-12)15-8-2-3-9-15/h4-7,11H,2-3,8-10,14H2,1H3/t11-/m0/s1. The lowest BCUT2D eigenvalue weighted by molar-refractivity contribution is 0.738. The molecule has 2 N–H and O–H groups in total. The fourth-order valence-electron chi connectivity index (χ4n) is 2.19. The van der Waals surface area contributed by atoms with Gasteiger partial charge in [-0.05, 0) is 43.9 Å². The average Bonchev–Trinajstić information content (AvgIpc) is 2.71. The summed E-state index contributed by atoms with van der Waals surface area (Å²) in [7, 11) is 0. The molecule has 0 unspecified atom stereocenters. The monoisotopic (exact) mass is 204 g/mol. The molecule has 1 fully saturated rings. The third-order valence-corrected chi connectivity index (χ3v) is 2.97. The molecule has 0 saturated carbocycles. The third-order valence-electron chi connectivity index (χ3n) is 2.97. The summed E-state index contributed by atoms with van der Waals surface area (Å²) in [4.78, 5) is 2.45. The van der Waals surface area contributed by atoms with Crippen LogP contribution in [-0.4, -0.2) is 19.1 Å². The highest BCUT2D eigenvalue weighted by molar-refractivity contribution is 5.48. The molecule has 2 heteroatoms. The molecule has 2 rings (SSSR count). The second kappa shape index (κ2) is 4.67. The van der Waals surface area contributed by atoms with Crippen molar-refractivity contribution >= 4 is 5.69 Å². The van der Waals surface area contributed by atoms with E-state index in [1.54, 1.807) is 0 Å². The maximum absolute atomic E-state index is 5.77. The molecule has 1 aliphatic rings. The van der Waals surface area contributed by atoms with Gasteiger partial charge in [-0.25, -0.2) is 0 Å². The number of rotatable bonds is 3. The van der Waals surface area contributed by atoms with Gasteiger partial charge in [-0.15, -0.1) is 0 Å². The first-order chi connectivity index (χ1) is 7.25. The van der Waals surface area contributed by atoms with Gasteiger partial charge >= 0.3 is 0 Å². The molecule has 0 aromatic heterocycles. The van der Waals surface area contributed by atoms with Gasteiger partial charge in [-0.3, -0.25) is 0 Å². The maximum Gasteiger partial charge on any atom is 0.0366 e. The molecule has 0 aliphatic carbocycles. The summed E-state index contributed by atoms with van der Waals surface area (Å²) in [5, 5.41) is 0. The van der Waals surface area contributed by atoms with Gasteiger partial charge in [0.05, 0.1) is 0 Å². The van der Waals surface area contributed by atoms with Crippen molar-refractivity contribution in [3.8, 4) is 0 Å². The van der Waals surface area contributed by atoms with Crippen molar-refractivity contribution in [2.45, 2.75) is 32.2 Å². The number of hydrogen-bond acceptors (Lipinski definition) is 2. The van der Waals surface area contributed by atoms with Crippen LogP contribution in [0.1, 0.15) is 25.3 Å². The van der Waals surface area contributed by atoms with E-state index in [1.807, 2.05) is 6.92 Å². The Balaban J connectivity index is 2.03. The number of anilines is 1. The summed E-state index contributed by atoms with van der Waals surface area (Å²) in [5.41, 5.74) is 8.48. The molecule has 1 atom stereocenters. The molecule has 1 aliphatic heterocycles. The predicted octanol–water partition coefficient (Wildman–Crippen LogP) is 2.18. The van der Waals surface area contributed by atoms with Gasteiger partial charge in [0.1, 0.15) is 0 Å². The molecule has 82 valence electrons. The summed E-state index contributed by atoms with van der Waals surface area (Å²) >= 11 is 0. The van der Waals surface area contributed by atoms with E-state index in [2.05, 4.69) is 29.2 Å². The summed E-state index contributed by atoms with van der Waals surface area (Å²) in [6.07, 6.45) is 3.64. The van der Waals surface area contributed by atoms with Gasteiger partial charge in [-0.2, -0.15) is 0 Å². The maximum atomic E-state index is 5.77. The van der Waals surface area contributed by atoms with Crippen molar-refractivity contribution in [2.24, 2.45) is 5.73 Å². The summed E-state index contributed by atoms with van der Waals surface area (Å²) < 4.78 is 0. The Labute approximate surface area is 92.1 Å². The number of hydrogen-bond donors (Lipinski definition) is 1. The van der Waals surface area contributed by atoms with Crippen molar-refractivity contribution in [3.05, 3.63) is 29.8 Å². The first kappa shape index (κ1) is 10.5. The number of benzene rings is 1. The molecule has 15 heavy (non-hydrogen) atoms. The van der Waals surface area contributed by atoms with Gasteiger partial charge in [0.25, 0.3) is 0 Å². The Morgan fingerprint density at radius 2 is 1.80 bits per heavy atom. The minimum absolute atomic E-state index is 0.252. The van der Waals surface area contributed by atoms with Crippen molar-refractivity contribution in [2.75, 3.05) is 18.0 Å². The summed E-state index contributed by atoms with van der Waals surface area (Å²) in [5.74, 6) is 0. The zero-order chi connectivity index (χ0) is 10.7. The van der Waals surface area contributed by atoms with Crippen molar-refractivity contribution in [3.63, 3.8) is 0 Å². The Bertz CT molecular complexity index is 297. The normalized spacial score (nSPS) is 18.1. The first-order valence-electron chi connectivity index (χ1n) is 5.85. The van der Waals surface area contributed by atoms with Crippen LogP contribution >= 0.6 is 0 Å². The highest BCUT2D eigenvalue weighted by Crippen LogP contribution is 2.20. The fraction of sp³-hybridized carbons (Fsp3) is 0.538. The van der Waals surface area contributed by atoms with Crippen molar-refractivity contribution < 1.29 is 0 Å². The second-order valence-electron chi connectivity index (χ2n) is 4.54. The van der Waals surface area contributed by atoms with Crippen LogP contribution in [0.15, 0.2) is 24.3 Å². The van der Waals surface area contributed by atoms with Crippen LogP contribution in [0.5, 0.6) is 0 Å². The van der Waals surface area contributed by atoms with E-state index in [9.17, 15) is 0 Å². The van der Waals surface area contributed by atoms with E-state index < -0.39 is 0 Å². The minimum Gasteiger partial charge on any atom is -0.372 e. The van der Waals surface area contributed by atoms with Gasteiger partial charge in [0, 0.05) is 24.8 Å². The molecule has 1 saturated heterocycles. The molecule has 0 bridgehead atoms.